The summed E-state index contributed by atoms with van der Waals surface area (Å²) >= 11 is 0. The fraction of sp³-hybridized carbons (Fsp3) is 0.556. The average Bonchev–Trinajstić information content (AvgIpc) is 2.53. The highest BCUT2D eigenvalue weighted by Gasteiger charge is 2.32. The van der Waals surface area contributed by atoms with Crippen LogP contribution in [0.5, 0.6) is 0 Å². The predicted octanol–water partition coefficient (Wildman–Crippen LogP) is 1.70. The summed E-state index contributed by atoms with van der Waals surface area (Å²) in [6.45, 7) is 7.40. The second-order valence-corrected chi connectivity index (χ2v) is 6.72. The van der Waals surface area contributed by atoms with Crippen molar-refractivity contribution in [2.45, 2.75) is 39.3 Å². The topological polar surface area (TPSA) is 75.4 Å². The first-order valence-corrected chi connectivity index (χ1v) is 8.29. The second kappa shape index (κ2) is 7.59. The van der Waals surface area contributed by atoms with E-state index in [2.05, 4.69) is 12.2 Å². The Kier molecular flexibility index (Phi) is 5.77. The van der Waals surface area contributed by atoms with E-state index in [0.29, 0.717) is 0 Å². The highest BCUT2D eigenvalue weighted by Crippen LogP contribution is 2.22. The maximum atomic E-state index is 12.1. The molecule has 1 aromatic rings. The van der Waals surface area contributed by atoms with Crippen molar-refractivity contribution in [3.05, 3.63) is 35.9 Å². The first-order valence-electron chi connectivity index (χ1n) is 8.29. The number of benzene rings is 1. The fourth-order valence-electron chi connectivity index (χ4n) is 3.16. The molecule has 3 unspecified atom stereocenters. The zero-order valence-corrected chi connectivity index (χ0v) is 14.2. The SMILES string of the molecule is CC(C)C(=O)N1CCC(NC(C(N)=O)c2ccccc2)C(C)C1. The Balaban J connectivity index is 2.02. The smallest absolute Gasteiger partial charge is 0.239 e. The molecule has 1 aliphatic heterocycles. The minimum Gasteiger partial charge on any atom is -0.368 e. The lowest BCUT2D eigenvalue weighted by molar-refractivity contribution is -0.136. The third-order valence-corrected chi connectivity index (χ3v) is 4.51. The van der Waals surface area contributed by atoms with Gasteiger partial charge in [-0.25, -0.2) is 0 Å². The molecule has 1 aromatic carbocycles. The van der Waals surface area contributed by atoms with Crippen LogP contribution in [0.2, 0.25) is 0 Å². The van der Waals surface area contributed by atoms with Crippen LogP contribution in [0.3, 0.4) is 0 Å². The summed E-state index contributed by atoms with van der Waals surface area (Å²) in [6.07, 6.45) is 0.830. The number of primary amides is 1. The Bertz CT molecular complexity index is 544. The van der Waals surface area contributed by atoms with Gasteiger partial charge < -0.3 is 10.6 Å². The second-order valence-electron chi connectivity index (χ2n) is 6.72. The van der Waals surface area contributed by atoms with Crippen LogP contribution in [0.4, 0.5) is 0 Å². The minimum absolute atomic E-state index is 0.0226. The lowest BCUT2D eigenvalue weighted by Crippen LogP contribution is -2.53. The number of likely N-dealkylation sites (tertiary alicyclic amines) is 1. The number of carbonyl (C=O) groups excluding carboxylic acids is 2. The zero-order valence-electron chi connectivity index (χ0n) is 14.2. The molecule has 1 aliphatic rings. The first-order chi connectivity index (χ1) is 10.9. The lowest BCUT2D eigenvalue weighted by atomic mass is 9.91. The molecule has 126 valence electrons. The van der Waals surface area contributed by atoms with Crippen LogP contribution in [0.1, 0.15) is 38.8 Å². The summed E-state index contributed by atoms with van der Waals surface area (Å²) < 4.78 is 0. The predicted molar refractivity (Wildman–Crippen MR) is 90.5 cm³/mol. The minimum atomic E-state index is -0.490. The van der Waals surface area contributed by atoms with E-state index in [9.17, 15) is 9.59 Å². The van der Waals surface area contributed by atoms with Crippen molar-refractivity contribution in [3.63, 3.8) is 0 Å². The third kappa shape index (κ3) is 4.32. The molecule has 1 fully saturated rings. The molecule has 0 spiro atoms. The number of hydrogen-bond donors (Lipinski definition) is 2. The molecule has 1 heterocycles. The van der Waals surface area contributed by atoms with E-state index in [1.54, 1.807) is 0 Å². The fourth-order valence-corrected chi connectivity index (χ4v) is 3.16. The van der Waals surface area contributed by atoms with Crippen LogP contribution in [0.25, 0.3) is 0 Å². The van der Waals surface area contributed by atoms with Crippen LogP contribution in [-0.2, 0) is 9.59 Å². The maximum Gasteiger partial charge on any atom is 0.239 e. The van der Waals surface area contributed by atoms with E-state index >= 15 is 0 Å². The highest BCUT2D eigenvalue weighted by molar-refractivity contribution is 5.81. The highest BCUT2D eigenvalue weighted by atomic mass is 16.2. The van der Waals surface area contributed by atoms with Gasteiger partial charge in [0.15, 0.2) is 0 Å². The summed E-state index contributed by atoms with van der Waals surface area (Å²) in [4.78, 5) is 25.9. The van der Waals surface area contributed by atoms with Crippen LogP contribution in [0, 0.1) is 11.8 Å². The van der Waals surface area contributed by atoms with E-state index in [1.807, 2.05) is 49.1 Å². The van der Waals surface area contributed by atoms with Gasteiger partial charge in [0.25, 0.3) is 0 Å². The standard InChI is InChI=1S/C18H27N3O2/c1-12(2)18(23)21-10-9-15(13(3)11-21)20-16(17(19)22)14-7-5-4-6-8-14/h4-8,12-13,15-16,20H,9-11H2,1-3H3,(H2,19,22). The number of carbonyl (C=O) groups is 2. The first kappa shape index (κ1) is 17.5. The quantitative estimate of drug-likeness (QED) is 0.868. The molecule has 3 atom stereocenters. The van der Waals surface area contributed by atoms with Gasteiger partial charge in [-0.05, 0) is 17.9 Å². The molecule has 0 bridgehead atoms. The molecule has 5 nitrogen and oxygen atoms in total. The summed E-state index contributed by atoms with van der Waals surface area (Å²) in [6, 6.07) is 9.22. The molecule has 1 saturated heterocycles. The Morgan fingerprint density at radius 2 is 1.91 bits per heavy atom. The number of nitrogens with zero attached hydrogens (tertiary/aromatic N) is 1. The third-order valence-electron chi connectivity index (χ3n) is 4.51. The van der Waals surface area contributed by atoms with Crippen molar-refractivity contribution in [3.8, 4) is 0 Å². The van der Waals surface area contributed by atoms with E-state index in [0.717, 1.165) is 25.1 Å². The van der Waals surface area contributed by atoms with Gasteiger partial charge in [-0.3, -0.25) is 14.9 Å². The number of nitrogens with two attached hydrogens (primary N) is 1. The Hall–Kier alpha value is -1.88. The van der Waals surface area contributed by atoms with Gasteiger partial charge in [-0.1, -0.05) is 51.1 Å². The van der Waals surface area contributed by atoms with E-state index in [1.165, 1.54) is 0 Å². The van der Waals surface area contributed by atoms with Gasteiger partial charge in [-0.15, -0.1) is 0 Å². The van der Waals surface area contributed by atoms with Gasteiger partial charge >= 0.3 is 0 Å². The van der Waals surface area contributed by atoms with Crippen molar-refractivity contribution in [2.75, 3.05) is 13.1 Å². The van der Waals surface area contributed by atoms with Crippen molar-refractivity contribution >= 4 is 11.8 Å². The Morgan fingerprint density at radius 1 is 1.26 bits per heavy atom. The zero-order chi connectivity index (χ0) is 17.0. The van der Waals surface area contributed by atoms with Gasteiger partial charge in [0.2, 0.25) is 11.8 Å². The monoisotopic (exact) mass is 317 g/mol. The molecule has 2 amide bonds. The molecule has 0 aliphatic carbocycles. The summed E-state index contributed by atoms with van der Waals surface area (Å²) in [7, 11) is 0. The van der Waals surface area contributed by atoms with Gasteiger partial charge in [0, 0.05) is 25.0 Å². The number of amides is 2. The molecule has 3 N–H and O–H groups in total. The molecular formula is C18H27N3O2. The average molecular weight is 317 g/mol. The molecule has 5 heteroatoms. The van der Waals surface area contributed by atoms with Gasteiger partial charge in [0.1, 0.15) is 6.04 Å². The van der Waals surface area contributed by atoms with Crippen molar-refractivity contribution in [2.24, 2.45) is 17.6 Å². The van der Waals surface area contributed by atoms with Gasteiger partial charge in [0.05, 0.1) is 0 Å². The summed E-state index contributed by atoms with van der Waals surface area (Å²) in [5.41, 5.74) is 6.46. The Labute approximate surface area is 138 Å². The van der Waals surface area contributed by atoms with Crippen LogP contribution >= 0.6 is 0 Å². The normalized spacial score (nSPS) is 22.9. The summed E-state index contributed by atoms with van der Waals surface area (Å²) in [5, 5.41) is 3.40. The van der Waals surface area contributed by atoms with E-state index < -0.39 is 6.04 Å². The lowest BCUT2D eigenvalue weighted by Gasteiger charge is -2.39. The maximum absolute atomic E-state index is 12.1. The molecule has 0 aromatic heterocycles. The number of rotatable bonds is 5. The van der Waals surface area contributed by atoms with Crippen LogP contribution < -0.4 is 11.1 Å². The van der Waals surface area contributed by atoms with Crippen LogP contribution in [0.15, 0.2) is 30.3 Å². The molecule has 0 radical (unpaired) electrons. The molecular weight excluding hydrogens is 290 g/mol. The number of hydrogen-bond acceptors (Lipinski definition) is 3. The van der Waals surface area contributed by atoms with E-state index in [4.69, 9.17) is 5.73 Å². The molecule has 2 rings (SSSR count). The van der Waals surface area contributed by atoms with Crippen molar-refractivity contribution < 1.29 is 9.59 Å². The van der Waals surface area contributed by atoms with Crippen molar-refractivity contribution in [1.29, 1.82) is 0 Å². The van der Waals surface area contributed by atoms with Crippen molar-refractivity contribution in [1.82, 2.24) is 10.2 Å². The van der Waals surface area contributed by atoms with E-state index in [-0.39, 0.29) is 29.7 Å². The largest absolute Gasteiger partial charge is 0.368 e. The number of nitrogens with one attached hydrogen (secondary N) is 1. The molecule has 23 heavy (non-hydrogen) atoms. The van der Waals surface area contributed by atoms with Gasteiger partial charge in [-0.2, -0.15) is 0 Å². The number of piperidine rings is 1. The summed E-state index contributed by atoms with van der Waals surface area (Å²) in [5.74, 6) is 0.125. The molecule has 0 saturated carbocycles. The Morgan fingerprint density at radius 3 is 2.43 bits per heavy atom. The van der Waals surface area contributed by atoms with Crippen LogP contribution in [-0.4, -0.2) is 35.8 Å².